The Hall–Kier alpha value is -2.87. The first kappa shape index (κ1) is 17.9. The van der Waals surface area contributed by atoms with Gasteiger partial charge in [-0.25, -0.2) is 9.97 Å². The van der Waals surface area contributed by atoms with E-state index >= 15 is 0 Å². The van der Waals surface area contributed by atoms with Crippen LogP contribution >= 0.6 is 11.3 Å². The van der Waals surface area contributed by atoms with Crippen molar-refractivity contribution < 1.29 is 18.7 Å². The Bertz CT molecular complexity index is 846. The molecule has 0 radical (unpaired) electrons. The molecule has 1 aromatic carbocycles. The molecule has 136 valence electrons. The Labute approximate surface area is 155 Å². The molecular formula is C18H19N3O4S. The second-order valence-electron chi connectivity index (χ2n) is 5.55. The molecule has 1 atom stereocenters. The lowest BCUT2D eigenvalue weighted by atomic mass is 10.3. The SMILES string of the molecule is COc1ccc(OCc2nc(C(=O)N(C)[C@@H](C)c3nccs3)co2)cc1. The number of thiazole rings is 1. The molecule has 8 heteroatoms. The average Bonchev–Trinajstić information content (AvgIpc) is 3.37. The van der Waals surface area contributed by atoms with E-state index in [4.69, 9.17) is 13.9 Å². The number of rotatable bonds is 7. The summed E-state index contributed by atoms with van der Waals surface area (Å²) >= 11 is 1.51. The molecule has 7 nitrogen and oxygen atoms in total. The van der Waals surface area contributed by atoms with E-state index in [1.165, 1.54) is 17.6 Å². The molecule has 0 unspecified atom stereocenters. The lowest BCUT2D eigenvalue weighted by Crippen LogP contribution is -2.29. The number of oxazole rings is 1. The summed E-state index contributed by atoms with van der Waals surface area (Å²) in [6.07, 6.45) is 3.07. The molecule has 0 fully saturated rings. The van der Waals surface area contributed by atoms with Crippen molar-refractivity contribution in [2.75, 3.05) is 14.2 Å². The molecule has 0 N–H and O–H groups in total. The Morgan fingerprint density at radius 1 is 1.31 bits per heavy atom. The number of benzene rings is 1. The number of carbonyl (C=O) groups is 1. The minimum Gasteiger partial charge on any atom is -0.497 e. The molecule has 0 bridgehead atoms. The normalized spacial score (nSPS) is 11.8. The largest absolute Gasteiger partial charge is 0.497 e. The maximum Gasteiger partial charge on any atom is 0.276 e. The van der Waals surface area contributed by atoms with Gasteiger partial charge in [-0.05, 0) is 31.2 Å². The smallest absolute Gasteiger partial charge is 0.276 e. The van der Waals surface area contributed by atoms with Crippen molar-refractivity contribution in [2.24, 2.45) is 0 Å². The quantitative estimate of drug-likeness (QED) is 0.630. The predicted molar refractivity (Wildman–Crippen MR) is 96.5 cm³/mol. The summed E-state index contributed by atoms with van der Waals surface area (Å²) in [6.45, 7) is 2.05. The van der Waals surface area contributed by atoms with Gasteiger partial charge in [-0.15, -0.1) is 11.3 Å². The number of hydrogen-bond acceptors (Lipinski definition) is 7. The summed E-state index contributed by atoms with van der Waals surface area (Å²) in [5.74, 6) is 1.51. The van der Waals surface area contributed by atoms with Crippen LogP contribution in [-0.2, 0) is 6.61 Å². The van der Waals surface area contributed by atoms with E-state index in [1.807, 2.05) is 12.3 Å². The van der Waals surface area contributed by atoms with Crippen LogP contribution in [0.15, 0.2) is 46.5 Å². The van der Waals surface area contributed by atoms with Crippen molar-refractivity contribution in [1.82, 2.24) is 14.9 Å². The number of carbonyl (C=O) groups excluding carboxylic acids is 1. The highest BCUT2D eigenvalue weighted by Crippen LogP contribution is 2.22. The fraction of sp³-hybridized carbons (Fsp3) is 0.278. The molecular weight excluding hydrogens is 354 g/mol. The van der Waals surface area contributed by atoms with Crippen molar-refractivity contribution in [3.63, 3.8) is 0 Å². The average molecular weight is 373 g/mol. The summed E-state index contributed by atoms with van der Waals surface area (Å²) in [4.78, 5) is 22.6. The van der Waals surface area contributed by atoms with Crippen LogP contribution in [0.2, 0.25) is 0 Å². The molecule has 3 rings (SSSR count). The summed E-state index contributed by atoms with van der Waals surface area (Å²) in [7, 11) is 3.32. The van der Waals surface area contributed by atoms with Crippen LogP contribution in [-0.4, -0.2) is 34.9 Å². The van der Waals surface area contributed by atoms with Gasteiger partial charge < -0.3 is 18.8 Å². The molecule has 0 saturated carbocycles. The second-order valence-corrected chi connectivity index (χ2v) is 6.48. The van der Waals surface area contributed by atoms with E-state index in [1.54, 1.807) is 49.5 Å². The van der Waals surface area contributed by atoms with Gasteiger partial charge in [-0.1, -0.05) is 0 Å². The molecule has 0 aliphatic heterocycles. The first-order valence-electron chi connectivity index (χ1n) is 7.96. The number of amides is 1. The highest BCUT2D eigenvalue weighted by Gasteiger charge is 2.23. The van der Waals surface area contributed by atoms with Crippen LogP contribution in [0.5, 0.6) is 11.5 Å². The number of methoxy groups -OCH3 is 1. The lowest BCUT2D eigenvalue weighted by molar-refractivity contribution is 0.0736. The summed E-state index contributed by atoms with van der Waals surface area (Å²) < 4.78 is 16.1. The van der Waals surface area contributed by atoms with Gasteiger partial charge in [-0.3, -0.25) is 4.79 Å². The van der Waals surface area contributed by atoms with Crippen LogP contribution in [0, 0.1) is 0 Å². The Morgan fingerprint density at radius 2 is 2.04 bits per heavy atom. The van der Waals surface area contributed by atoms with Crippen molar-refractivity contribution in [3.8, 4) is 11.5 Å². The second kappa shape index (κ2) is 8.01. The maximum atomic E-state index is 12.6. The molecule has 0 spiro atoms. The summed E-state index contributed by atoms with van der Waals surface area (Å²) in [5, 5.41) is 2.75. The highest BCUT2D eigenvalue weighted by molar-refractivity contribution is 7.09. The van der Waals surface area contributed by atoms with Gasteiger partial charge >= 0.3 is 0 Å². The zero-order valence-corrected chi connectivity index (χ0v) is 15.5. The van der Waals surface area contributed by atoms with Crippen LogP contribution in [0.1, 0.15) is 34.4 Å². The van der Waals surface area contributed by atoms with Crippen LogP contribution in [0.25, 0.3) is 0 Å². The van der Waals surface area contributed by atoms with Gasteiger partial charge in [-0.2, -0.15) is 0 Å². The number of ether oxygens (including phenoxy) is 2. The third kappa shape index (κ3) is 4.02. The fourth-order valence-electron chi connectivity index (χ4n) is 2.26. The third-order valence-corrected chi connectivity index (χ3v) is 4.85. The van der Waals surface area contributed by atoms with Crippen LogP contribution in [0.3, 0.4) is 0 Å². The van der Waals surface area contributed by atoms with Gasteiger partial charge in [0.15, 0.2) is 12.3 Å². The maximum absolute atomic E-state index is 12.6. The third-order valence-electron chi connectivity index (χ3n) is 3.90. The first-order valence-corrected chi connectivity index (χ1v) is 8.84. The summed E-state index contributed by atoms with van der Waals surface area (Å²) in [5.41, 5.74) is 0.240. The zero-order chi connectivity index (χ0) is 18.5. The van der Waals surface area contributed by atoms with Gasteiger partial charge in [0.05, 0.1) is 13.2 Å². The number of hydrogen-bond donors (Lipinski definition) is 0. The van der Waals surface area contributed by atoms with Crippen LogP contribution < -0.4 is 9.47 Å². The van der Waals surface area contributed by atoms with Crippen molar-refractivity contribution in [2.45, 2.75) is 19.6 Å². The van der Waals surface area contributed by atoms with E-state index in [2.05, 4.69) is 9.97 Å². The minimum atomic E-state index is -0.229. The zero-order valence-electron chi connectivity index (χ0n) is 14.7. The molecule has 2 aromatic heterocycles. The monoisotopic (exact) mass is 373 g/mol. The fourth-order valence-corrected chi connectivity index (χ4v) is 2.99. The molecule has 26 heavy (non-hydrogen) atoms. The number of nitrogens with zero attached hydrogens (tertiary/aromatic N) is 3. The molecule has 3 aromatic rings. The Balaban J connectivity index is 1.60. The van der Waals surface area contributed by atoms with Gasteiger partial charge in [0.2, 0.25) is 5.89 Å². The van der Waals surface area contributed by atoms with Crippen LogP contribution in [0.4, 0.5) is 0 Å². The van der Waals surface area contributed by atoms with Gasteiger partial charge in [0, 0.05) is 18.6 Å². The van der Waals surface area contributed by atoms with E-state index in [0.29, 0.717) is 11.6 Å². The van der Waals surface area contributed by atoms with Crippen molar-refractivity contribution >= 4 is 17.2 Å². The Kier molecular flexibility index (Phi) is 5.52. The van der Waals surface area contributed by atoms with Gasteiger partial charge in [0.25, 0.3) is 5.91 Å². The van der Waals surface area contributed by atoms with Crippen molar-refractivity contribution in [1.29, 1.82) is 0 Å². The molecule has 0 aliphatic rings. The lowest BCUT2D eigenvalue weighted by Gasteiger charge is -2.21. The minimum absolute atomic E-state index is 0.130. The van der Waals surface area contributed by atoms with Crippen molar-refractivity contribution in [3.05, 3.63) is 58.7 Å². The Morgan fingerprint density at radius 3 is 2.69 bits per heavy atom. The van der Waals surface area contributed by atoms with E-state index < -0.39 is 0 Å². The molecule has 0 aliphatic carbocycles. The summed E-state index contributed by atoms with van der Waals surface area (Å²) in [6, 6.07) is 7.04. The van der Waals surface area contributed by atoms with E-state index in [-0.39, 0.29) is 24.2 Å². The van der Waals surface area contributed by atoms with Gasteiger partial charge in [0.1, 0.15) is 22.8 Å². The topological polar surface area (TPSA) is 77.7 Å². The standard InChI is InChI=1S/C18H19N3O4S/c1-12(17-19-8-9-26-17)21(2)18(22)15-10-25-16(20-15)11-24-14-6-4-13(23-3)5-7-14/h4-10,12H,11H2,1-3H3/t12-/m0/s1. The molecule has 1 amide bonds. The highest BCUT2D eigenvalue weighted by atomic mass is 32.1. The van der Waals surface area contributed by atoms with E-state index in [9.17, 15) is 4.79 Å². The first-order chi connectivity index (χ1) is 12.6. The predicted octanol–water partition coefficient (Wildman–Crippen LogP) is 3.55. The molecule has 0 saturated heterocycles. The molecule has 2 heterocycles. The number of aromatic nitrogens is 2. The van der Waals surface area contributed by atoms with E-state index in [0.717, 1.165) is 10.8 Å².